The SMILES string of the molecule is [CH2]C[CH]S. The van der Waals surface area contributed by atoms with Crippen LogP contribution in [-0.4, -0.2) is 0 Å². The van der Waals surface area contributed by atoms with Crippen molar-refractivity contribution in [1.82, 2.24) is 0 Å². The molecule has 0 atom stereocenters. The molecule has 2 radical (unpaired) electrons. The van der Waals surface area contributed by atoms with E-state index in [9.17, 15) is 0 Å². The number of rotatable bonds is 1. The van der Waals surface area contributed by atoms with E-state index in [1.165, 1.54) is 0 Å². The van der Waals surface area contributed by atoms with Gasteiger partial charge < -0.3 is 0 Å². The molecular weight excluding hydrogens is 68.1 g/mol. The summed E-state index contributed by atoms with van der Waals surface area (Å²) in [6, 6.07) is 0. The van der Waals surface area contributed by atoms with Gasteiger partial charge in [0, 0.05) is 5.75 Å². The lowest BCUT2D eigenvalue weighted by Gasteiger charge is -1.66. The maximum atomic E-state index is 3.73. The second kappa shape index (κ2) is 3.35. The van der Waals surface area contributed by atoms with Crippen LogP contribution in [0.4, 0.5) is 0 Å². The van der Waals surface area contributed by atoms with Gasteiger partial charge in [-0.05, 0) is 6.42 Å². The van der Waals surface area contributed by atoms with Crippen LogP contribution in [0.15, 0.2) is 0 Å². The van der Waals surface area contributed by atoms with E-state index in [1.54, 1.807) is 5.75 Å². The number of hydrogen-bond donors (Lipinski definition) is 1. The molecule has 0 bridgehead atoms. The normalized spacial score (nSPS) is 7.50. The van der Waals surface area contributed by atoms with Crippen molar-refractivity contribution >= 4 is 12.6 Å². The largest absolute Gasteiger partial charge is 0.175 e. The third kappa shape index (κ3) is 2.35. The second-order valence-corrected chi connectivity index (χ2v) is 0.836. The first-order valence-electron chi connectivity index (χ1n) is 1.17. The van der Waals surface area contributed by atoms with Crippen molar-refractivity contribution in [1.29, 1.82) is 0 Å². The Balaban J connectivity index is 1.97. The number of thiol groups is 1. The fourth-order valence-electron chi connectivity index (χ4n) is 0. The van der Waals surface area contributed by atoms with Crippen molar-refractivity contribution in [3.05, 3.63) is 12.7 Å². The summed E-state index contributed by atoms with van der Waals surface area (Å²) < 4.78 is 0. The molecule has 0 fully saturated rings. The summed E-state index contributed by atoms with van der Waals surface area (Å²) in [5, 5.41) is 0. The highest BCUT2D eigenvalue weighted by atomic mass is 32.1. The Hall–Kier alpha value is 0.350. The van der Waals surface area contributed by atoms with Crippen molar-refractivity contribution in [2.45, 2.75) is 6.42 Å². The number of hydrogen-bond acceptors (Lipinski definition) is 1. The molecule has 0 heterocycles. The fraction of sp³-hybridized carbons (Fsp3) is 0.333. The quantitative estimate of drug-likeness (QED) is 0.445. The molecule has 0 saturated heterocycles. The first-order chi connectivity index (χ1) is 1.91. The van der Waals surface area contributed by atoms with Crippen molar-refractivity contribution < 1.29 is 0 Å². The van der Waals surface area contributed by atoms with E-state index < -0.39 is 0 Å². The Bertz CT molecular complexity index is 5.25. The van der Waals surface area contributed by atoms with Gasteiger partial charge in [0.1, 0.15) is 0 Å². The van der Waals surface area contributed by atoms with E-state index in [1.807, 2.05) is 0 Å². The zero-order chi connectivity index (χ0) is 3.41. The fourth-order valence-corrected chi connectivity index (χ4v) is 0. The predicted molar refractivity (Wildman–Crippen MR) is 23.3 cm³/mol. The molecule has 1 heteroatoms. The van der Waals surface area contributed by atoms with Gasteiger partial charge in [0.15, 0.2) is 0 Å². The van der Waals surface area contributed by atoms with Gasteiger partial charge in [-0.25, -0.2) is 0 Å². The third-order valence-corrected chi connectivity index (χ3v) is 0.387. The zero-order valence-corrected chi connectivity index (χ0v) is 3.33. The Morgan fingerprint density at radius 2 is 2.25 bits per heavy atom. The first-order valence-corrected chi connectivity index (χ1v) is 1.68. The molecule has 0 aromatic carbocycles. The van der Waals surface area contributed by atoms with E-state index in [0.29, 0.717) is 0 Å². The minimum Gasteiger partial charge on any atom is -0.175 e. The molecule has 24 valence electrons. The van der Waals surface area contributed by atoms with Crippen LogP contribution in [0.2, 0.25) is 0 Å². The van der Waals surface area contributed by atoms with E-state index in [2.05, 4.69) is 19.6 Å². The van der Waals surface area contributed by atoms with E-state index >= 15 is 0 Å². The Kier molecular flexibility index (Phi) is 3.64. The summed E-state index contributed by atoms with van der Waals surface area (Å²) in [5.41, 5.74) is 0. The van der Waals surface area contributed by atoms with Gasteiger partial charge in [-0.1, -0.05) is 6.92 Å². The van der Waals surface area contributed by atoms with Crippen molar-refractivity contribution in [3.8, 4) is 0 Å². The minimum absolute atomic E-state index is 0.809. The molecule has 0 aromatic rings. The molecule has 0 unspecified atom stereocenters. The minimum atomic E-state index is 0.809. The van der Waals surface area contributed by atoms with Crippen molar-refractivity contribution in [2.75, 3.05) is 0 Å². The van der Waals surface area contributed by atoms with Crippen LogP contribution in [0.25, 0.3) is 0 Å². The summed E-state index contributed by atoms with van der Waals surface area (Å²) in [4.78, 5) is 0. The Labute approximate surface area is 32.6 Å². The van der Waals surface area contributed by atoms with Crippen LogP contribution in [0.3, 0.4) is 0 Å². The van der Waals surface area contributed by atoms with Crippen molar-refractivity contribution in [3.63, 3.8) is 0 Å². The zero-order valence-electron chi connectivity index (χ0n) is 2.44. The lowest BCUT2D eigenvalue weighted by Crippen LogP contribution is -1.45. The topological polar surface area (TPSA) is 0 Å². The summed E-state index contributed by atoms with van der Waals surface area (Å²) in [6.07, 6.45) is 0.809. The molecule has 0 saturated carbocycles. The molecule has 0 aliphatic carbocycles. The molecule has 0 aliphatic heterocycles. The monoisotopic (exact) mass is 74.0 g/mol. The Morgan fingerprint density at radius 1 is 2.00 bits per heavy atom. The van der Waals surface area contributed by atoms with Gasteiger partial charge in [-0.15, -0.1) is 0 Å². The molecular formula is C3H6S. The van der Waals surface area contributed by atoms with Gasteiger partial charge in [0.05, 0.1) is 0 Å². The van der Waals surface area contributed by atoms with E-state index in [-0.39, 0.29) is 0 Å². The average Bonchev–Trinajstić information content (AvgIpc) is 1.37. The highest BCUT2D eigenvalue weighted by Gasteiger charge is 1.58. The second-order valence-electron chi connectivity index (χ2n) is 0.471. The van der Waals surface area contributed by atoms with Gasteiger partial charge in [-0.3, -0.25) is 0 Å². The average molecular weight is 74.1 g/mol. The summed E-state index contributed by atoms with van der Waals surface area (Å²) >= 11 is 3.73. The molecule has 4 heavy (non-hydrogen) atoms. The summed E-state index contributed by atoms with van der Waals surface area (Å²) in [6.45, 7) is 3.47. The third-order valence-electron chi connectivity index (χ3n) is 0.129. The van der Waals surface area contributed by atoms with E-state index in [4.69, 9.17) is 0 Å². The van der Waals surface area contributed by atoms with Gasteiger partial charge in [-0.2, -0.15) is 12.6 Å². The Morgan fingerprint density at radius 3 is 2.25 bits per heavy atom. The summed E-state index contributed by atoms with van der Waals surface area (Å²) in [5.74, 6) is 1.71. The molecule has 0 rings (SSSR count). The molecule has 0 N–H and O–H groups in total. The standard InChI is InChI=1S/C3H6S/c1-2-3-4/h3-4H,1-2H2. The lowest BCUT2D eigenvalue weighted by molar-refractivity contribution is 1.38. The maximum Gasteiger partial charge on any atom is 0.0133 e. The maximum absolute atomic E-state index is 3.73. The summed E-state index contributed by atoms with van der Waals surface area (Å²) in [7, 11) is 0. The van der Waals surface area contributed by atoms with Crippen LogP contribution in [0.1, 0.15) is 6.42 Å². The predicted octanol–water partition coefficient (Wildman–Crippen LogP) is 1.30. The molecule has 0 amide bonds. The highest BCUT2D eigenvalue weighted by Crippen LogP contribution is 1.83. The highest BCUT2D eigenvalue weighted by molar-refractivity contribution is 7.82. The van der Waals surface area contributed by atoms with Crippen LogP contribution in [0, 0.1) is 12.7 Å². The van der Waals surface area contributed by atoms with Crippen LogP contribution in [0.5, 0.6) is 0 Å². The van der Waals surface area contributed by atoms with Crippen LogP contribution < -0.4 is 0 Å². The first kappa shape index (κ1) is 4.35. The molecule has 0 nitrogen and oxygen atoms in total. The smallest absolute Gasteiger partial charge is 0.0133 e. The van der Waals surface area contributed by atoms with Gasteiger partial charge in [0.25, 0.3) is 0 Å². The van der Waals surface area contributed by atoms with Crippen LogP contribution >= 0.6 is 12.6 Å². The van der Waals surface area contributed by atoms with Gasteiger partial charge in [0.2, 0.25) is 0 Å². The molecule has 0 spiro atoms. The van der Waals surface area contributed by atoms with Crippen molar-refractivity contribution in [2.24, 2.45) is 0 Å². The molecule has 0 aliphatic rings. The molecule has 0 aromatic heterocycles. The lowest BCUT2D eigenvalue weighted by atomic mass is 10.6. The van der Waals surface area contributed by atoms with Gasteiger partial charge >= 0.3 is 0 Å². The van der Waals surface area contributed by atoms with E-state index in [0.717, 1.165) is 6.42 Å². The van der Waals surface area contributed by atoms with Crippen LogP contribution in [-0.2, 0) is 0 Å².